The molecule has 3 aromatic carbocycles. The third kappa shape index (κ3) is 6.44. The van der Waals surface area contributed by atoms with Gasteiger partial charge >= 0.3 is 0 Å². The fourth-order valence-electron chi connectivity index (χ4n) is 3.27. The van der Waals surface area contributed by atoms with Crippen molar-refractivity contribution in [3.05, 3.63) is 83.4 Å². The van der Waals surface area contributed by atoms with Crippen LogP contribution in [-0.2, 0) is 12.2 Å². The van der Waals surface area contributed by atoms with Crippen molar-refractivity contribution in [3.63, 3.8) is 0 Å². The van der Waals surface area contributed by atoms with Gasteiger partial charge in [-0.1, -0.05) is 24.3 Å². The van der Waals surface area contributed by atoms with Crippen molar-refractivity contribution in [3.8, 4) is 17.2 Å². The summed E-state index contributed by atoms with van der Waals surface area (Å²) in [6.07, 6.45) is 0.694. The van der Waals surface area contributed by atoms with Crippen LogP contribution in [0.15, 0.2) is 71.6 Å². The monoisotopic (exact) mass is 451 g/mol. The van der Waals surface area contributed by atoms with Gasteiger partial charge in [-0.25, -0.2) is 0 Å². The maximum absolute atomic E-state index is 12.8. The normalized spacial score (nSPS) is 10.5. The number of carbonyl (C=O) groups excluding carboxylic acids is 1. The quantitative estimate of drug-likeness (QED) is 0.397. The van der Waals surface area contributed by atoms with Crippen LogP contribution >= 0.6 is 11.8 Å². The number of methoxy groups -OCH3 is 2. The van der Waals surface area contributed by atoms with E-state index >= 15 is 0 Å². The number of carbonyl (C=O) groups is 1. The summed E-state index contributed by atoms with van der Waals surface area (Å²) in [5.41, 5.74) is 2.70. The van der Waals surface area contributed by atoms with Gasteiger partial charge < -0.3 is 19.5 Å². The minimum absolute atomic E-state index is 0.0977. The molecule has 0 aliphatic heterocycles. The lowest BCUT2D eigenvalue weighted by atomic mass is 10.1. The Balaban J connectivity index is 1.63. The van der Waals surface area contributed by atoms with Crippen molar-refractivity contribution in [2.45, 2.75) is 24.0 Å². The first kappa shape index (κ1) is 23.5. The van der Waals surface area contributed by atoms with Crippen LogP contribution in [0, 0.1) is 0 Å². The highest BCUT2D eigenvalue weighted by molar-refractivity contribution is 7.98. The van der Waals surface area contributed by atoms with E-state index in [9.17, 15) is 4.79 Å². The third-order valence-corrected chi connectivity index (χ3v) is 5.97. The predicted molar refractivity (Wildman–Crippen MR) is 129 cm³/mol. The highest BCUT2D eigenvalue weighted by atomic mass is 32.2. The van der Waals surface area contributed by atoms with E-state index in [-0.39, 0.29) is 5.91 Å². The van der Waals surface area contributed by atoms with Gasteiger partial charge in [0.05, 0.1) is 20.8 Å². The Labute approximate surface area is 194 Å². The molecule has 5 nitrogen and oxygen atoms in total. The van der Waals surface area contributed by atoms with E-state index in [0.717, 1.165) is 22.6 Å². The van der Waals surface area contributed by atoms with E-state index in [4.69, 9.17) is 14.2 Å². The lowest BCUT2D eigenvalue weighted by Crippen LogP contribution is -2.25. The molecule has 3 rings (SSSR count). The first-order valence-corrected chi connectivity index (χ1v) is 11.6. The lowest BCUT2D eigenvalue weighted by Gasteiger charge is -2.13. The van der Waals surface area contributed by atoms with Crippen molar-refractivity contribution < 1.29 is 19.0 Å². The largest absolute Gasteiger partial charge is 0.494 e. The lowest BCUT2D eigenvalue weighted by molar-refractivity contribution is 0.0954. The molecule has 0 saturated heterocycles. The predicted octanol–water partition coefficient (Wildman–Crippen LogP) is 5.37. The molecule has 0 aliphatic carbocycles. The molecular weight excluding hydrogens is 422 g/mol. The molecule has 0 atom stereocenters. The van der Waals surface area contributed by atoms with Gasteiger partial charge in [0.25, 0.3) is 5.91 Å². The number of ether oxygens (including phenoxy) is 3. The highest BCUT2D eigenvalue weighted by Crippen LogP contribution is 2.29. The van der Waals surface area contributed by atoms with E-state index in [2.05, 4.69) is 17.4 Å². The summed E-state index contributed by atoms with van der Waals surface area (Å²) in [7, 11) is 3.23. The maximum atomic E-state index is 12.8. The first-order chi connectivity index (χ1) is 15.6. The Kier molecular flexibility index (Phi) is 8.87. The molecule has 6 heteroatoms. The molecule has 0 spiro atoms. The van der Waals surface area contributed by atoms with Gasteiger partial charge in [0.2, 0.25) is 0 Å². The van der Waals surface area contributed by atoms with Gasteiger partial charge in [0.15, 0.2) is 11.5 Å². The van der Waals surface area contributed by atoms with Crippen molar-refractivity contribution in [1.29, 1.82) is 0 Å². The number of nitrogens with one attached hydrogen (secondary N) is 1. The fraction of sp³-hybridized carbons (Fsp3) is 0.269. The molecule has 1 N–H and O–H groups in total. The Morgan fingerprint density at radius 2 is 1.66 bits per heavy atom. The van der Waals surface area contributed by atoms with Crippen LogP contribution in [0.25, 0.3) is 0 Å². The smallest absolute Gasteiger partial charge is 0.251 e. The van der Waals surface area contributed by atoms with Gasteiger partial charge in [-0.15, -0.1) is 11.8 Å². The SMILES string of the molecule is CCOc1ccc(C(=O)NCCc2ccc(OC)c(OC)c2)cc1CSc1ccccc1. The molecule has 0 bridgehead atoms. The zero-order valence-corrected chi connectivity index (χ0v) is 19.5. The zero-order chi connectivity index (χ0) is 22.8. The van der Waals surface area contributed by atoms with Gasteiger partial charge in [-0.2, -0.15) is 0 Å². The second-order valence-electron chi connectivity index (χ2n) is 7.05. The second-order valence-corrected chi connectivity index (χ2v) is 8.10. The number of thioether (sulfide) groups is 1. The van der Waals surface area contributed by atoms with Crippen LogP contribution in [-0.4, -0.2) is 33.3 Å². The molecule has 0 heterocycles. The Morgan fingerprint density at radius 1 is 0.906 bits per heavy atom. The fourth-order valence-corrected chi connectivity index (χ4v) is 4.16. The molecule has 0 aromatic heterocycles. The minimum Gasteiger partial charge on any atom is -0.494 e. The molecule has 0 fully saturated rings. The van der Waals surface area contributed by atoms with E-state index in [0.29, 0.717) is 36.6 Å². The number of benzene rings is 3. The molecule has 0 aliphatic rings. The summed E-state index contributed by atoms with van der Waals surface area (Å²) in [5.74, 6) is 2.82. The molecule has 168 valence electrons. The molecular formula is C26H29NO4S. The number of hydrogen-bond acceptors (Lipinski definition) is 5. The van der Waals surface area contributed by atoms with Gasteiger partial charge in [0, 0.05) is 28.3 Å². The summed E-state index contributed by atoms with van der Waals surface area (Å²) in [6.45, 7) is 3.07. The van der Waals surface area contributed by atoms with Crippen LogP contribution in [0.4, 0.5) is 0 Å². The average Bonchev–Trinajstić information content (AvgIpc) is 2.84. The van der Waals surface area contributed by atoms with Crippen LogP contribution in [0.3, 0.4) is 0 Å². The Hall–Kier alpha value is -3.12. The third-order valence-electron chi connectivity index (χ3n) is 4.91. The summed E-state index contributed by atoms with van der Waals surface area (Å²) >= 11 is 1.72. The van der Waals surface area contributed by atoms with Gasteiger partial charge in [-0.05, 0) is 61.4 Å². The molecule has 0 unspecified atom stereocenters. The maximum Gasteiger partial charge on any atom is 0.251 e. The van der Waals surface area contributed by atoms with Gasteiger partial charge in [0.1, 0.15) is 5.75 Å². The summed E-state index contributed by atoms with van der Waals surface area (Å²) < 4.78 is 16.4. The summed E-state index contributed by atoms with van der Waals surface area (Å²) in [6, 6.07) is 21.6. The molecule has 3 aromatic rings. The zero-order valence-electron chi connectivity index (χ0n) is 18.7. The van der Waals surface area contributed by atoms with E-state index in [1.165, 1.54) is 4.90 Å². The second kappa shape index (κ2) is 12.1. The average molecular weight is 452 g/mol. The Bertz CT molecular complexity index is 1020. The molecule has 32 heavy (non-hydrogen) atoms. The molecule has 0 saturated carbocycles. The number of hydrogen-bond donors (Lipinski definition) is 1. The number of amides is 1. The summed E-state index contributed by atoms with van der Waals surface area (Å²) in [4.78, 5) is 13.9. The minimum atomic E-state index is -0.0977. The van der Waals surface area contributed by atoms with Crippen LogP contribution in [0.5, 0.6) is 17.2 Å². The molecule has 1 amide bonds. The van der Waals surface area contributed by atoms with Crippen LogP contribution in [0.1, 0.15) is 28.4 Å². The van der Waals surface area contributed by atoms with E-state index in [1.807, 2.05) is 61.5 Å². The van der Waals surface area contributed by atoms with Crippen LogP contribution in [0.2, 0.25) is 0 Å². The van der Waals surface area contributed by atoms with E-state index < -0.39 is 0 Å². The van der Waals surface area contributed by atoms with Crippen molar-refractivity contribution in [2.75, 3.05) is 27.4 Å². The molecule has 0 radical (unpaired) electrons. The van der Waals surface area contributed by atoms with Crippen LogP contribution < -0.4 is 19.5 Å². The number of rotatable bonds is 11. The Morgan fingerprint density at radius 3 is 2.38 bits per heavy atom. The van der Waals surface area contributed by atoms with Crippen molar-refractivity contribution in [1.82, 2.24) is 5.32 Å². The summed E-state index contributed by atoms with van der Waals surface area (Å²) in [5, 5.41) is 3.01. The van der Waals surface area contributed by atoms with Crippen molar-refractivity contribution >= 4 is 17.7 Å². The standard InChI is InChI=1S/C26H29NO4S/c1-4-31-23-13-11-20(17-21(23)18-32-22-8-6-5-7-9-22)26(28)27-15-14-19-10-12-24(29-2)25(16-19)30-3/h5-13,16-17H,4,14-15,18H2,1-3H3,(H,27,28). The van der Waals surface area contributed by atoms with E-state index in [1.54, 1.807) is 26.0 Å². The van der Waals surface area contributed by atoms with Crippen molar-refractivity contribution in [2.24, 2.45) is 0 Å². The first-order valence-electron chi connectivity index (χ1n) is 10.6. The highest BCUT2D eigenvalue weighted by Gasteiger charge is 2.12. The van der Waals surface area contributed by atoms with Gasteiger partial charge in [-0.3, -0.25) is 4.79 Å². The topological polar surface area (TPSA) is 56.8 Å².